The number of rotatable bonds is 9. The van der Waals surface area contributed by atoms with Gasteiger partial charge in [0.25, 0.3) is 0 Å². The standard InChI is InChI=1S/C29H29NO3/c1-3-5-18-32-21-23-10-12-25(13-11-23)29(31,26-14-16-28(30)17-15-26)27-9-7-8-24(20-27)22-33-19-6-4-2/h7-17,20,31H,18-19,21-22,30H2,1-2H3. The van der Waals surface area contributed by atoms with E-state index in [1.807, 2.05) is 60.7 Å². The maximum atomic E-state index is 12.1. The van der Waals surface area contributed by atoms with E-state index in [0.717, 1.165) is 27.8 Å². The molecule has 33 heavy (non-hydrogen) atoms. The number of aliphatic hydroxyl groups is 1. The molecule has 3 N–H and O–H groups in total. The summed E-state index contributed by atoms with van der Waals surface area (Å²) in [5.74, 6) is 11.4. The van der Waals surface area contributed by atoms with Crippen LogP contribution in [-0.2, 0) is 28.3 Å². The summed E-state index contributed by atoms with van der Waals surface area (Å²) in [5, 5.41) is 12.1. The zero-order valence-corrected chi connectivity index (χ0v) is 19.1. The van der Waals surface area contributed by atoms with Gasteiger partial charge in [-0.2, -0.15) is 0 Å². The van der Waals surface area contributed by atoms with Gasteiger partial charge in [-0.15, -0.1) is 11.8 Å². The quantitative estimate of drug-likeness (QED) is 0.221. The van der Waals surface area contributed by atoms with Gasteiger partial charge in [-0.05, 0) is 59.9 Å². The number of ether oxygens (including phenoxy) is 2. The lowest BCUT2D eigenvalue weighted by atomic mass is 9.79. The molecule has 0 aliphatic rings. The fourth-order valence-electron chi connectivity index (χ4n) is 3.54. The van der Waals surface area contributed by atoms with Crippen LogP contribution in [0.3, 0.4) is 0 Å². The highest BCUT2D eigenvalue weighted by Crippen LogP contribution is 2.37. The molecule has 4 nitrogen and oxygen atoms in total. The van der Waals surface area contributed by atoms with E-state index >= 15 is 0 Å². The van der Waals surface area contributed by atoms with Crippen molar-refractivity contribution in [1.82, 2.24) is 0 Å². The minimum absolute atomic E-state index is 0.371. The Morgan fingerprint density at radius 3 is 1.85 bits per heavy atom. The molecule has 4 heteroatoms. The number of hydrogen-bond donors (Lipinski definition) is 2. The number of hydrogen-bond acceptors (Lipinski definition) is 4. The van der Waals surface area contributed by atoms with E-state index in [4.69, 9.17) is 15.2 Å². The van der Waals surface area contributed by atoms with Crippen molar-refractivity contribution in [2.24, 2.45) is 0 Å². The SMILES string of the molecule is CC#CCOCc1ccc(C(O)(c2ccc(N)cc2)c2cccc(COCC#CC)c2)cc1. The van der Waals surface area contributed by atoms with Crippen molar-refractivity contribution >= 4 is 5.69 Å². The molecule has 0 saturated carbocycles. The third-order valence-electron chi connectivity index (χ3n) is 5.28. The van der Waals surface area contributed by atoms with Crippen molar-refractivity contribution in [3.63, 3.8) is 0 Å². The van der Waals surface area contributed by atoms with Crippen molar-refractivity contribution in [3.8, 4) is 23.7 Å². The first-order chi connectivity index (χ1) is 16.1. The van der Waals surface area contributed by atoms with Crippen LogP contribution in [0.2, 0.25) is 0 Å². The van der Waals surface area contributed by atoms with E-state index in [1.54, 1.807) is 26.0 Å². The van der Waals surface area contributed by atoms with Crippen LogP contribution < -0.4 is 5.73 Å². The Bertz CT molecular complexity index is 1160. The van der Waals surface area contributed by atoms with Crippen LogP contribution >= 0.6 is 0 Å². The predicted molar refractivity (Wildman–Crippen MR) is 132 cm³/mol. The molecule has 0 spiro atoms. The monoisotopic (exact) mass is 439 g/mol. The molecule has 0 saturated heterocycles. The molecule has 168 valence electrons. The molecular formula is C29H29NO3. The second kappa shape index (κ2) is 11.9. The van der Waals surface area contributed by atoms with Crippen LogP contribution in [0.25, 0.3) is 0 Å². The Balaban J connectivity index is 1.95. The van der Waals surface area contributed by atoms with Gasteiger partial charge in [0.1, 0.15) is 18.8 Å². The molecule has 3 aromatic carbocycles. The van der Waals surface area contributed by atoms with Crippen LogP contribution in [-0.4, -0.2) is 18.3 Å². The molecule has 0 heterocycles. The smallest absolute Gasteiger partial charge is 0.140 e. The molecule has 3 aromatic rings. The summed E-state index contributed by atoms with van der Waals surface area (Å²) in [6, 6.07) is 22.9. The second-order valence-electron chi connectivity index (χ2n) is 7.57. The lowest BCUT2D eigenvalue weighted by Gasteiger charge is -2.31. The minimum Gasteiger partial charge on any atom is -0.399 e. The third-order valence-corrected chi connectivity index (χ3v) is 5.28. The lowest BCUT2D eigenvalue weighted by molar-refractivity contribution is 0.124. The first kappa shape index (κ1) is 24.1. The van der Waals surface area contributed by atoms with E-state index in [-0.39, 0.29) is 0 Å². The van der Waals surface area contributed by atoms with Crippen LogP contribution in [0, 0.1) is 23.7 Å². The second-order valence-corrected chi connectivity index (χ2v) is 7.57. The summed E-state index contributed by atoms with van der Waals surface area (Å²) in [7, 11) is 0. The first-order valence-corrected chi connectivity index (χ1v) is 10.8. The Hall–Kier alpha value is -3.54. The maximum Gasteiger partial charge on any atom is 0.140 e. The Morgan fingerprint density at radius 2 is 1.27 bits per heavy atom. The Labute approximate surface area is 196 Å². The fourth-order valence-corrected chi connectivity index (χ4v) is 3.54. The Kier molecular flexibility index (Phi) is 8.70. The summed E-state index contributed by atoms with van der Waals surface area (Å²) < 4.78 is 11.2. The van der Waals surface area contributed by atoms with Crippen LogP contribution in [0.5, 0.6) is 0 Å². The van der Waals surface area contributed by atoms with Gasteiger partial charge in [0.15, 0.2) is 0 Å². The van der Waals surface area contributed by atoms with Crippen LogP contribution in [0.4, 0.5) is 5.69 Å². The van der Waals surface area contributed by atoms with Gasteiger partial charge in [-0.1, -0.05) is 66.4 Å². The van der Waals surface area contributed by atoms with E-state index in [1.165, 1.54) is 0 Å². The van der Waals surface area contributed by atoms with Crippen molar-refractivity contribution in [3.05, 3.63) is 101 Å². The highest BCUT2D eigenvalue weighted by molar-refractivity contribution is 5.51. The number of nitrogen functional groups attached to an aromatic ring is 1. The molecular weight excluding hydrogens is 410 g/mol. The molecule has 0 amide bonds. The van der Waals surface area contributed by atoms with Crippen molar-refractivity contribution in [2.45, 2.75) is 32.7 Å². The molecule has 1 unspecified atom stereocenters. The molecule has 0 aliphatic carbocycles. The summed E-state index contributed by atoms with van der Waals surface area (Å²) in [6.45, 7) is 5.21. The zero-order chi connectivity index (χ0) is 23.5. The van der Waals surface area contributed by atoms with E-state index < -0.39 is 5.60 Å². The van der Waals surface area contributed by atoms with Gasteiger partial charge in [-0.25, -0.2) is 0 Å². The maximum absolute atomic E-state index is 12.1. The summed E-state index contributed by atoms with van der Waals surface area (Å²) in [5.41, 5.74) is 9.38. The van der Waals surface area contributed by atoms with Crippen LogP contribution in [0.15, 0.2) is 72.8 Å². The van der Waals surface area contributed by atoms with Gasteiger partial charge in [0, 0.05) is 5.69 Å². The van der Waals surface area contributed by atoms with Crippen molar-refractivity contribution in [1.29, 1.82) is 0 Å². The van der Waals surface area contributed by atoms with Gasteiger partial charge >= 0.3 is 0 Å². The molecule has 3 rings (SSSR count). The summed E-state index contributed by atoms with van der Waals surface area (Å²) in [6.07, 6.45) is 0. The molecule has 0 aliphatic heterocycles. The molecule has 0 fully saturated rings. The zero-order valence-electron chi connectivity index (χ0n) is 19.1. The molecule has 1 atom stereocenters. The third kappa shape index (κ3) is 6.25. The Morgan fingerprint density at radius 1 is 0.727 bits per heavy atom. The highest BCUT2D eigenvalue weighted by Gasteiger charge is 2.34. The lowest BCUT2D eigenvalue weighted by Crippen LogP contribution is -2.29. The molecule has 0 aromatic heterocycles. The molecule has 0 radical (unpaired) electrons. The topological polar surface area (TPSA) is 64.7 Å². The van der Waals surface area contributed by atoms with E-state index in [0.29, 0.717) is 32.1 Å². The van der Waals surface area contributed by atoms with Gasteiger partial charge in [0.2, 0.25) is 0 Å². The number of nitrogens with two attached hydrogens (primary N) is 1. The van der Waals surface area contributed by atoms with Crippen LogP contribution in [0.1, 0.15) is 41.7 Å². The fraction of sp³-hybridized carbons (Fsp3) is 0.241. The summed E-state index contributed by atoms with van der Waals surface area (Å²) >= 11 is 0. The van der Waals surface area contributed by atoms with Gasteiger partial charge in [-0.3, -0.25) is 0 Å². The highest BCUT2D eigenvalue weighted by atomic mass is 16.5. The molecule has 0 bridgehead atoms. The van der Waals surface area contributed by atoms with Gasteiger partial charge < -0.3 is 20.3 Å². The van der Waals surface area contributed by atoms with E-state index in [2.05, 4.69) is 23.7 Å². The average molecular weight is 440 g/mol. The van der Waals surface area contributed by atoms with Crippen molar-refractivity contribution in [2.75, 3.05) is 18.9 Å². The van der Waals surface area contributed by atoms with Crippen molar-refractivity contribution < 1.29 is 14.6 Å². The minimum atomic E-state index is -1.36. The largest absolute Gasteiger partial charge is 0.399 e. The first-order valence-electron chi connectivity index (χ1n) is 10.8. The number of benzene rings is 3. The predicted octanol–water partition coefficient (Wildman–Crippen LogP) is 4.63. The normalized spacial score (nSPS) is 12.1. The number of anilines is 1. The average Bonchev–Trinajstić information content (AvgIpc) is 2.85. The van der Waals surface area contributed by atoms with Gasteiger partial charge in [0.05, 0.1) is 13.2 Å². The van der Waals surface area contributed by atoms with E-state index in [9.17, 15) is 5.11 Å². The summed E-state index contributed by atoms with van der Waals surface area (Å²) in [4.78, 5) is 0.